The van der Waals surface area contributed by atoms with E-state index >= 15 is 0 Å². The van der Waals surface area contributed by atoms with Crippen molar-refractivity contribution in [2.75, 3.05) is 0 Å². The molecule has 0 spiro atoms. The minimum absolute atomic E-state index is 0.0402. The van der Waals surface area contributed by atoms with E-state index in [-0.39, 0.29) is 5.92 Å². The summed E-state index contributed by atoms with van der Waals surface area (Å²) in [6.45, 7) is 5.39. The van der Waals surface area contributed by atoms with E-state index in [1.165, 1.54) is 6.08 Å². The lowest BCUT2D eigenvalue weighted by Crippen LogP contribution is -2.10. The predicted octanol–water partition coefficient (Wildman–Crippen LogP) is 1.59. The molecule has 0 bridgehead atoms. The average Bonchev–Trinajstić information content (AvgIpc) is 2.00. The molecule has 0 saturated heterocycles. The van der Waals surface area contributed by atoms with Crippen molar-refractivity contribution < 1.29 is 15.0 Å². The van der Waals surface area contributed by atoms with E-state index in [0.29, 0.717) is 0 Å². The number of carbonyl (C=O) groups is 1. The van der Waals surface area contributed by atoms with Gasteiger partial charge in [0.05, 0.1) is 6.10 Å². The van der Waals surface area contributed by atoms with E-state index in [2.05, 4.69) is 0 Å². The molecule has 74 valence electrons. The summed E-state index contributed by atoms with van der Waals surface area (Å²) in [4.78, 5) is 10.2. The van der Waals surface area contributed by atoms with Gasteiger partial charge in [-0.15, -0.1) is 0 Å². The summed E-state index contributed by atoms with van der Waals surface area (Å²) in [7, 11) is 0. The number of hydrogen-bond donors (Lipinski definition) is 2. The van der Waals surface area contributed by atoms with Crippen LogP contribution in [0.25, 0.3) is 0 Å². The lowest BCUT2D eigenvalue weighted by Gasteiger charge is -2.09. The lowest BCUT2D eigenvalue weighted by molar-refractivity contribution is -0.131. The van der Waals surface area contributed by atoms with E-state index in [4.69, 9.17) is 10.2 Å². The van der Waals surface area contributed by atoms with Gasteiger partial charge in [0.15, 0.2) is 0 Å². The molecule has 0 unspecified atom stereocenters. The molecule has 0 aliphatic carbocycles. The first-order valence-corrected chi connectivity index (χ1v) is 4.21. The minimum Gasteiger partial charge on any atom is -0.478 e. The SMILES string of the molecule is CC(/C=C/C(=O)O)=C\[C@H](C)[C@H](C)O. The highest BCUT2D eigenvalue weighted by Gasteiger charge is 2.04. The van der Waals surface area contributed by atoms with E-state index in [1.54, 1.807) is 13.8 Å². The Hall–Kier alpha value is -1.09. The van der Waals surface area contributed by atoms with Crippen LogP contribution in [0.4, 0.5) is 0 Å². The Bertz CT molecular complexity index is 226. The van der Waals surface area contributed by atoms with Gasteiger partial charge in [0, 0.05) is 12.0 Å². The smallest absolute Gasteiger partial charge is 0.328 e. The molecule has 0 aliphatic rings. The van der Waals surface area contributed by atoms with E-state index in [0.717, 1.165) is 11.6 Å². The molecule has 3 nitrogen and oxygen atoms in total. The van der Waals surface area contributed by atoms with Crippen LogP contribution in [-0.4, -0.2) is 22.3 Å². The van der Waals surface area contributed by atoms with Crippen LogP contribution in [0.5, 0.6) is 0 Å². The number of aliphatic hydroxyl groups excluding tert-OH is 1. The van der Waals surface area contributed by atoms with Crippen molar-refractivity contribution in [1.82, 2.24) is 0 Å². The molecule has 0 heterocycles. The summed E-state index contributed by atoms with van der Waals surface area (Å²) >= 11 is 0. The number of carboxylic acids is 1. The van der Waals surface area contributed by atoms with Crippen molar-refractivity contribution in [1.29, 1.82) is 0 Å². The zero-order valence-electron chi connectivity index (χ0n) is 8.19. The van der Waals surface area contributed by atoms with Gasteiger partial charge in [-0.05, 0) is 13.8 Å². The van der Waals surface area contributed by atoms with Crippen LogP contribution in [0.15, 0.2) is 23.8 Å². The maximum Gasteiger partial charge on any atom is 0.328 e. The molecule has 13 heavy (non-hydrogen) atoms. The Kier molecular flexibility index (Phi) is 5.07. The third-order valence-electron chi connectivity index (χ3n) is 1.78. The number of allylic oxidation sites excluding steroid dienone is 2. The largest absolute Gasteiger partial charge is 0.478 e. The number of aliphatic carboxylic acids is 1. The van der Waals surface area contributed by atoms with Crippen LogP contribution < -0.4 is 0 Å². The highest BCUT2D eigenvalue weighted by Crippen LogP contribution is 2.08. The molecule has 2 atom stereocenters. The molecule has 0 aromatic rings. The predicted molar refractivity (Wildman–Crippen MR) is 51.4 cm³/mol. The summed E-state index contributed by atoms with van der Waals surface area (Å²) in [6, 6.07) is 0. The standard InChI is InChI=1S/C10H16O3/c1-7(4-5-10(12)13)6-8(2)9(3)11/h4-6,8-9,11H,1-3H3,(H,12,13)/b5-4+,7-6+/t8-,9-/m0/s1. The number of hydrogen-bond acceptors (Lipinski definition) is 2. The van der Waals surface area contributed by atoms with Gasteiger partial charge in [0.25, 0.3) is 0 Å². The van der Waals surface area contributed by atoms with Crippen LogP contribution in [0, 0.1) is 5.92 Å². The quantitative estimate of drug-likeness (QED) is 0.515. The molecule has 0 radical (unpaired) electrons. The van der Waals surface area contributed by atoms with Crippen molar-refractivity contribution in [3.05, 3.63) is 23.8 Å². The zero-order valence-corrected chi connectivity index (χ0v) is 8.19. The van der Waals surface area contributed by atoms with Gasteiger partial charge in [-0.1, -0.05) is 24.6 Å². The molecule has 0 saturated carbocycles. The molecule has 3 heteroatoms. The zero-order chi connectivity index (χ0) is 10.4. The molecule has 0 amide bonds. The second-order valence-corrected chi connectivity index (χ2v) is 3.18. The Morgan fingerprint density at radius 3 is 2.23 bits per heavy atom. The van der Waals surface area contributed by atoms with Crippen LogP contribution >= 0.6 is 0 Å². The highest BCUT2D eigenvalue weighted by molar-refractivity contribution is 5.80. The average molecular weight is 184 g/mol. The maximum atomic E-state index is 10.2. The Labute approximate surface area is 78.4 Å². The molecule has 0 fully saturated rings. The molecule has 0 rings (SSSR count). The summed E-state index contributed by atoms with van der Waals surface area (Å²) in [5.74, 6) is -0.920. The fourth-order valence-electron chi connectivity index (χ4n) is 0.812. The topological polar surface area (TPSA) is 57.5 Å². The van der Waals surface area contributed by atoms with Crippen LogP contribution in [0.2, 0.25) is 0 Å². The van der Waals surface area contributed by atoms with Crippen molar-refractivity contribution in [2.24, 2.45) is 5.92 Å². The number of rotatable bonds is 4. The first-order valence-electron chi connectivity index (χ1n) is 4.21. The van der Waals surface area contributed by atoms with Gasteiger partial charge in [-0.2, -0.15) is 0 Å². The summed E-state index contributed by atoms with van der Waals surface area (Å²) in [5.41, 5.74) is 0.843. The Morgan fingerprint density at radius 1 is 1.31 bits per heavy atom. The molecule has 0 aromatic carbocycles. The monoisotopic (exact) mass is 184 g/mol. The van der Waals surface area contributed by atoms with Crippen molar-refractivity contribution in [3.63, 3.8) is 0 Å². The summed E-state index contributed by atoms with van der Waals surface area (Å²) < 4.78 is 0. The highest BCUT2D eigenvalue weighted by atomic mass is 16.4. The number of carboxylic acid groups (broad SMARTS) is 1. The maximum absolute atomic E-state index is 10.2. The van der Waals surface area contributed by atoms with E-state index < -0.39 is 12.1 Å². The minimum atomic E-state index is -0.961. The Balaban J connectivity index is 4.24. The number of aliphatic hydroxyl groups is 1. The Morgan fingerprint density at radius 2 is 1.85 bits per heavy atom. The molecule has 2 N–H and O–H groups in total. The van der Waals surface area contributed by atoms with Gasteiger partial charge in [-0.3, -0.25) is 0 Å². The van der Waals surface area contributed by atoms with Gasteiger partial charge in [-0.25, -0.2) is 4.79 Å². The summed E-state index contributed by atoms with van der Waals surface area (Å²) in [6.07, 6.45) is 4.03. The first-order chi connectivity index (χ1) is 5.93. The first kappa shape index (κ1) is 11.9. The van der Waals surface area contributed by atoms with Gasteiger partial charge < -0.3 is 10.2 Å². The fourth-order valence-corrected chi connectivity index (χ4v) is 0.812. The summed E-state index contributed by atoms with van der Waals surface area (Å²) in [5, 5.41) is 17.5. The fraction of sp³-hybridized carbons (Fsp3) is 0.500. The molecular weight excluding hydrogens is 168 g/mol. The van der Waals surface area contributed by atoms with Gasteiger partial charge in [0.2, 0.25) is 0 Å². The van der Waals surface area contributed by atoms with Crippen molar-refractivity contribution >= 4 is 5.97 Å². The van der Waals surface area contributed by atoms with Crippen LogP contribution in [0.1, 0.15) is 20.8 Å². The van der Waals surface area contributed by atoms with E-state index in [1.807, 2.05) is 13.0 Å². The van der Waals surface area contributed by atoms with Crippen molar-refractivity contribution in [2.45, 2.75) is 26.9 Å². The van der Waals surface area contributed by atoms with Crippen LogP contribution in [-0.2, 0) is 4.79 Å². The van der Waals surface area contributed by atoms with Gasteiger partial charge in [0.1, 0.15) is 0 Å². The third-order valence-corrected chi connectivity index (χ3v) is 1.78. The second kappa shape index (κ2) is 5.54. The van der Waals surface area contributed by atoms with Crippen LogP contribution in [0.3, 0.4) is 0 Å². The van der Waals surface area contributed by atoms with Gasteiger partial charge >= 0.3 is 5.97 Å². The third kappa shape index (κ3) is 6.11. The van der Waals surface area contributed by atoms with Crippen molar-refractivity contribution in [3.8, 4) is 0 Å². The second-order valence-electron chi connectivity index (χ2n) is 3.18. The molecule has 0 aliphatic heterocycles. The lowest BCUT2D eigenvalue weighted by atomic mass is 10.0. The normalized spacial score (nSPS) is 17.4. The molecular formula is C10H16O3. The molecule has 0 aromatic heterocycles. The van der Waals surface area contributed by atoms with E-state index in [9.17, 15) is 4.79 Å².